The Hall–Kier alpha value is -1.22. The zero-order valence-electron chi connectivity index (χ0n) is 11.2. The number of rotatable bonds is 12. The molecule has 0 amide bonds. The second-order valence-electron chi connectivity index (χ2n) is 4.19. The van der Waals surface area contributed by atoms with Crippen LogP contribution in [0.3, 0.4) is 0 Å². The quantitative estimate of drug-likeness (QED) is 0.223. The Labute approximate surface area is 112 Å². The number of nitrogens with two attached hydrogens (primary N) is 1. The smallest absolute Gasteiger partial charge is 0.321 e. The maximum absolute atomic E-state index is 10.9. The molecule has 0 radical (unpaired) electrons. The predicted octanol–water partition coefficient (Wildman–Crippen LogP) is -2.11. The van der Waals surface area contributed by atoms with Crippen molar-refractivity contribution in [1.29, 1.82) is 0 Å². The average Bonchev–Trinajstić information content (AvgIpc) is 2.35. The monoisotopic (exact) mass is 276 g/mol. The molecule has 0 aromatic heterocycles. The summed E-state index contributed by atoms with van der Waals surface area (Å²) in [4.78, 5) is 21.7. The maximum Gasteiger partial charge on any atom is 0.321 e. The lowest BCUT2D eigenvalue weighted by molar-refractivity contribution is -0.150. The molecule has 0 aromatic rings. The zero-order valence-corrected chi connectivity index (χ0v) is 11.2. The lowest BCUT2D eigenvalue weighted by atomic mass is 10.0. The van der Waals surface area contributed by atoms with Crippen molar-refractivity contribution in [2.24, 2.45) is 11.7 Å². The molecule has 8 nitrogen and oxygen atoms in total. The summed E-state index contributed by atoms with van der Waals surface area (Å²) < 4.78 is 0. The molecule has 0 fully saturated rings. The summed E-state index contributed by atoms with van der Waals surface area (Å²) in [5.41, 5.74) is 5.31. The first-order chi connectivity index (χ1) is 9.00. The van der Waals surface area contributed by atoms with E-state index >= 15 is 0 Å². The maximum atomic E-state index is 10.9. The second kappa shape index (κ2) is 10.7. The van der Waals surface area contributed by atoms with Gasteiger partial charge in [0.15, 0.2) is 0 Å². The third-order valence-electron chi connectivity index (χ3n) is 2.62. The summed E-state index contributed by atoms with van der Waals surface area (Å²) in [6, 6.07) is -1.07. The molecular formula is C11H24N4O4. The molecule has 0 heterocycles. The van der Waals surface area contributed by atoms with Crippen LogP contribution in [0.2, 0.25) is 0 Å². The third-order valence-corrected chi connectivity index (χ3v) is 2.62. The highest BCUT2D eigenvalue weighted by atomic mass is 16.4. The van der Waals surface area contributed by atoms with Gasteiger partial charge in [0.05, 0.1) is 5.92 Å². The molecule has 0 aliphatic rings. The van der Waals surface area contributed by atoms with Crippen LogP contribution in [-0.4, -0.2) is 67.5 Å². The molecule has 112 valence electrons. The predicted molar refractivity (Wildman–Crippen MR) is 71.0 cm³/mol. The van der Waals surface area contributed by atoms with E-state index in [1.807, 2.05) is 0 Å². The van der Waals surface area contributed by atoms with E-state index in [4.69, 9.17) is 15.9 Å². The molecule has 2 unspecified atom stereocenters. The van der Waals surface area contributed by atoms with Gasteiger partial charge >= 0.3 is 11.9 Å². The lowest BCUT2D eigenvalue weighted by Crippen LogP contribution is -2.47. The van der Waals surface area contributed by atoms with E-state index in [1.54, 1.807) is 0 Å². The SMILES string of the molecule is CC(C(=O)O)C(NCCNCCNCCN)C(=O)O. The van der Waals surface area contributed by atoms with Gasteiger partial charge < -0.3 is 31.9 Å². The molecular weight excluding hydrogens is 252 g/mol. The minimum atomic E-state index is -1.15. The van der Waals surface area contributed by atoms with Gasteiger partial charge in [-0.2, -0.15) is 0 Å². The Kier molecular flexibility index (Phi) is 9.99. The number of hydrogen-bond donors (Lipinski definition) is 6. The van der Waals surface area contributed by atoms with Crippen molar-refractivity contribution in [2.75, 3.05) is 39.3 Å². The van der Waals surface area contributed by atoms with Gasteiger partial charge in [0.2, 0.25) is 0 Å². The van der Waals surface area contributed by atoms with Crippen LogP contribution in [0.25, 0.3) is 0 Å². The molecule has 0 spiro atoms. The van der Waals surface area contributed by atoms with Gasteiger partial charge in [-0.25, -0.2) is 0 Å². The Morgan fingerprint density at radius 3 is 2.00 bits per heavy atom. The number of carbonyl (C=O) groups is 2. The molecule has 0 rings (SSSR count). The van der Waals surface area contributed by atoms with Gasteiger partial charge in [-0.3, -0.25) is 9.59 Å². The summed E-state index contributed by atoms with van der Waals surface area (Å²) >= 11 is 0. The Morgan fingerprint density at radius 2 is 1.53 bits per heavy atom. The van der Waals surface area contributed by atoms with E-state index in [2.05, 4.69) is 16.0 Å². The highest BCUT2D eigenvalue weighted by Crippen LogP contribution is 2.03. The minimum absolute atomic E-state index is 0.394. The molecule has 2 atom stereocenters. The van der Waals surface area contributed by atoms with Crippen LogP contribution >= 0.6 is 0 Å². The zero-order chi connectivity index (χ0) is 14.7. The normalized spacial score (nSPS) is 14.0. The highest BCUT2D eigenvalue weighted by Gasteiger charge is 2.28. The van der Waals surface area contributed by atoms with Crippen LogP contribution in [0.5, 0.6) is 0 Å². The summed E-state index contributed by atoms with van der Waals surface area (Å²) in [6.45, 7) is 5.22. The van der Waals surface area contributed by atoms with E-state index in [0.29, 0.717) is 19.6 Å². The molecule has 0 bridgehead atoms. The lowest BCUT2D eigenvalue weighted by Gasteiger charge is -2.18. The molecule has 0 aliphatic carbocycles. The van der Waals surface area contributed by atoms with Crippen molar-refractivity contribution in [3.8, 4) is 0 Å². The number of aliphatic carboxylic acids is 2. The standard InChI is InChI=1S/C11H24N4O4/c1-8(10(16)17)9(11(18)19)15-7-6-14-5-4-13-3-2-12/h8-9,13-15H,2-7,12H2,1H3,(H,16,17)(H,18,19). The van der Waals surface area contributed by atoms with E-state index in [-0.39, 0.29) is 0 Å². The van der Waals surface area contributed by atoms with Crippen LogP contribution in [0.15, 0.2) is 0 Å². The largest absolute Gasteiger partial charge is 0.481 e. The van der Waals surface area contributed by atoms with Crippen molar-refractivity contribution < 1.29 is 19.8 Å². The summed E-state index contributed by atoms with van der Waals surface area (Å²) in [5, 5.41) is 26.6. The number of carboxylic acids is 2. The topological polar surface area (TPSA) is 137 Å². The Bertz CT molecular complexity index is 275. The van der Waals surface area contributed by atoms with Gasteiger partial charge in [0, 0.05) is 39.3 Å². The van der Waals surface area contributed by atoms with E-state index < -0.39 is 23.9 Å². The highest BCUT2D eigenvalue weighted by molar-refractivity contribution is 5.82. The van der Waals surface area contributed by atoms with Gasteiger partial charge in [-0.15, -0.1) is 0 Å². The molecule has 0 saturated heterocycles. The Morgan fingerprint density at radius 1 is 1.00 bits per heavy atom. The van der Waals surface area contributed by atoms with E-state index in [9.17, 15) is 9.59 Å². The number of nitrogens with one attached hydrogen (secondary N) is 3. The molecule has 0 aliphatic heterocycles. The van der Waals surface area contributed by atoms with Gasteiger partial charge in [-0.1, -0.05) is 0 Å². The van der Waals surface area contributed by atoms with Gasteiger partial charge in [0.25, 0.3) is 0 Å². The first-order valence-corrected chi connectivity index (χ1v) is 6.31. The number of hydrogen-bond acceptors (Lipinski definition) is 6. The number of carboxylic acid groups (broad SMARTS) is 2. The molecule has 8 heteroatoms. The molecule has 0 aromatic carbocycles. The Balaban J connectivity index is 3.71. The fourth-order valence-electron chi connectivity index (χ4n) is 1.47. The fraction of sp³-hybridized carbons (Fsp3) is 0.818. The fourth-order valence-corrected chi connectivity index (χ4v) is 1.47. The van der Waals surface area contributed by atoms with Crippen molar-refractivity contribution in [2.45, 2.75) is 13.0 Å². The summed E-state index contributed by atoms with van der Waals surface area (Å²) in [6.07, 6.45) is 0. The van der Waals surface area contributed by atoms with Gasteiger partial charge in [0.1, 0.15) is 6.04 Å². The molecule has 7 N–H and O–H groups in total. The van der Waals surface area contributed by atoms with Crippen LogP contribution < -0.4 is 21.7 Å². The average molecular weight is 276 g/mol. The summed E-state index contributed by atoms with van der Waals surface area (Å²) in [5.74, 6) is -3.25. The third kappa shape index (κ3) is 8.49. The van der Waals surface area contributed by atoms with E-state index in [0.717, 1.165) is 19.6 Å². The second-order valence-corrected chi connectivity index (χ2v) is 4.19. The van der Waals surface area contributed by atoms with Crippen LogP contribution in [0.4, 0.5) is 0 Å². The molecule has 0 saturated carbocycles. The minimum Gasteiger partial charge on any atom is -0.481 e. The van der Waals surface area contributed by atoms with Gasteiger partial charge in [-0.05, 0) is 6.92 Å². The van der Waals surface area contributed by atoms with Crippen molar-refractivity contribution in [3.05, 3.63) is 0 Å². The van der Waals surface area contributed by atoms with Crippen molar-refractivity contribution >= 4 is 11.9 Å². The first-order valence-electron chi connectivity index (χ1n) is 6.31. The van der Waals surface area contributed by atoms with Crippen LogP contribution in [0, 0.1) is 5.92 Å². The summed E-state index contributed by atoms with van der Waals surface area (Å²) in [7, 11) is 0. The van der Waals surface area contributed by atoms with E-state index in [1.165, 1.54) is 6.92 Å². The van der Waals surface area contributed by atoms with Crippen molar-refractivity contribution in [3.63, 3.8) is 0 Å². The molecule has 19 heavy (non-hydrogen) atoms. The van der Waals surface area contributed by atoms with Crippen LogP contribution in [-0.2, 0) is 9.59 Å². The van der Waals surface area contributed by atoms with Crippen LogP contribution in [0.1, 0.15) is 6.92 Å². The first kappa shape index (κ1) is 17.8. The van der Waals surface area contributed by atoms with Crippen molar-refractivity contribution in [1.82, 2.24) is 16.0 Å².